The van der Waals surface area contributed by atoms with Crippen LogP contribution in [0, 0.1) is 5.92 Å². The molecule has 0 saturated carbocycles. The first-order valence-corrected chi connectivity index (χ1v) is 6.36. The maximum atomic E-state index is 9.76. The van der Waals surface area contributed by atoms with Crippen molar-refractivity contribution in [3.8, 4) is 0 Å². The van der Waals surface area contributed by atoms with E-state index in [2.05, 4.69) is 20.1 Å². The molecule has 0 fully saturated rings. The minimum Gasteiger partial charge on any atom is -0.388 e. The van der Waals surface area contributed by atoms with Gasteiger partial charge in [-0.2, -0.15) is 0 Å². The molecule has 0 radical (unpaired) electrons. The molecular formula is C15H28O. The van der Waals surface area contributed by atoms with Crippen molar-refractivity contribution in [2.24, 2.45) is 5.92 Å². The van der Waals surface area contributed by atoms with Crippen LogP contribution in [0.4, 0.5) is 0 Å². The Balaban J connectivity index is 0. The molecular weight excluding hydrogens is 196 g/mol. The maximum Gasteiger partial charge on any atom is 0.0818 e. The van der Waals surface area contributed by atoms with Gasteiger partial charge in [0.15, 0.2) is 0 Å². The molecule has 0 saturated heterocycles. The van der Waals surface area contributed by atoms with Gasteiger partial charge in [0.2, 0.25) is 0 Å². The lowest BCUT2D eigenvalue weighted by atomic mass is 9.82. The van der Waals surface area contributed by atoms with Crippen molar-refractivity contribution in [3.05, 3.63) is 36.5 Å². The summed E-state index contributed by atoms with van der Waals surface area (Å²) in [6.45, 7) is 17.5. The fraction of sp³-hybridized carbons (Fsp3) is 0.600. The van der Waals surface area contributed by atoms with Gasteiger partial charge >= 0.3 is 0 Å². The predicted molar refractivity (Wildman–Crippen MR) is 74.5 cm³/mol. The van der Waals surface area contributed by atoms with Crippen molar-refractivity contribution >= 4 is 0 Å². The Kier molecular flexibility index (Phi) is 11.7. The Bertz CT molecular complexity index is 226. The lowest BCUT2D eigenvalue weighted by Gasteiger charge is -2.27. The molecule has 0 amide bonds. The van der Waals surface area contributed by atoms with Gasteiger partial charge in [-0.15, -0.1) is 0 Å². The third-order valence-electron chi connectivity index (χ3n) is 2.56. The molecule has 1 aliphatic carbocycles. The van der Waals surface area contributed by atoms with Crippen LogP contribution >= 0.6 is 0 Å². The van der Waals surface area contributed by atoms with Crippen LogP contribution in [0.15, 0.2) is 36.5 Å². The fourth-order valence-electron chi connectivity index (χ4n) is 1.65. The molecule has 0 aromatic carbocycles. The van der Waals surface area contributed by atoms with Crippen LogP contribution in [0.5, 0.6) is 0 Å². The quantitative estimate of drug-likeness (QED) is 0.732. The first-order chi connectivity index (χ1) is 7.70. The summed E-state index contributed by atoms with van der Waals surface area (Å²) >= 11 is 0. The summed E-state index contributed by atoms with van der Waals surface area (Å²) in [6.07, 6.45) is 5.29. The second-order valence-electron chi connectivity index (χ2n) is 3.35. The second kappa shape index (κ2) is 10.7. The number of rotatable bonds is 2. The van der Waals surface area contributed by atoms with E-state index in [1.54, 1.807) is 6.08 Å². The number of hydrogen-bond acceptors (Lipinski definition) is 1. The Labute approximate surface area is 102 Å². The van der Waals surface area contributed by atoms with Gasteiger partial charge in [-0.05, 0) is 29.9 Å². The summed E-state index contributed by atoms with van der Waals surface area (Å²) in [5.41, 5.74) is 2.11. The van der Waals surface area contributed by atoms with Gasteiger partial charge in [0, 0.05) is 0 Å². The minimum absolute atomic E-state index is 0.343. The van der Waals surface area contributed by atoms with Gasteiger partial charge in [-0.3, -0.25) is 0 Å². The lowest BCUT2D eigenvalue weighted by Crippen LogP contribution is -2.24. The molecule has 1 N–H and O–H groups in total. The SMILES string of the molecule is C=CC1=C(C=C)C(O)C(C)CC1.CC.CC. The number of aliphatic hydroxyl groups is 1. The normalized spacial score (nSPS) is 23.4. The largest absolute Gasteiger partial charge is 0.388 e. The molecule has 0 heterocycles. The first-order valence-electron chi connectivity index (χ1n) is 6.36. The summed E-state index contributed by atoms with van der Waals surface area (Å²) in [5, 5.41) is 9.76. The zero-order valence-corrected chi connectivity index (χ0v) is 11.6. The molecule has 1 rings (SSSR count). The highest BCUT2D eigenvalue weighted by Crippen LogP contribution is 2.30. The predicted octanol–water partition coefficient (Wildman–Crippen LogP) is 4.50. The Morgan fingerprint density at radius 1 is 1.12 bits per heavy atom. The summed E-state index contributed by atoms with van der Waals surface area (Å²) in [7, 11) is 0. The van der Waals surface area contributed by atoms with E-state index in [-0.39, 0.29) is 6.10 Å². The lowest BCUT2D eigenvalue weighted by molar-refractivity contribution is 0.140. The summed E-state index contributed by atoms with van der Waals surface area (Å²) in [5.74, 6) is 0.349. The van der Waals surface area contributed by atoms with E-state index in [1.165, 1.54) is 0 Å². The van der Waals surface area contributed by atoms with Crippen molar-refractivity contribution in [2.45, 2.75) is 53.6 Å². The van der Waals surface area contributed by atoms with Crippen molar-refractivity contribution < 1.29 is 5.11 Å². The van der Waals surface area contributed by atoms with E-state index >= 15 is 0 Å². The van der Waals surface area contributed by atoms with E-state index in [4.69, 9.17) is 0 Å². The van der Waals surface area contributed by atoms with Crippen LogP contribution in [-0.4, -0.2) is 11.2 Å². The van der Waals surface area contributed by atoms with Gasteiger partial charge < -0.3 is 5.11 Å². The third kappa shape index (κ3) is 4.80. The molecule has 2 unspecified atom stereocenters. The van der Waals surface area contributed by atoms with E-state index in [9.17, 15) is 5.11 Å². The molecule has 1 heteroatoms. The molecule has 0 aromatic heterocycles. The Morgan fingerprint density at radius 3 is 2.00 bits per heavy atom. The second-order valence-corrected chi connectivity index (χ2v) is 3.35. The maximum absolute atomic E-state index is 9.76. The smallest absolute Gasteiger partial charge is 0.0818 e. The molecule has 0 spiro atoms. The van der Waals surface area contributed by atoms with Crippen LogP contribution < -0.4 is 0 Å². The average Bonchev–Trinajstić information content (AvgIpc) is 2.37. The number of hydrogen-bond donors (Lipinski definition) is 1. The van der Waals surface area contributed by atoms with Crippen LogP contribution in [0.25, 0.3) is 0 Å². The van der Waals surface area contributed by atoms with Gasteiger partial charge in [-0.1, -0.05) is 59.9 Å². The van der Waals surface area contributed by atoms with Crippen LogP contribution in [0.2, 0.25) is 0 Å². The highest BCUT2D eigenvalue weighted by molar-refractivity contribution is 5.36. The van der Waals surface area contributed by atoms with Gasteiger partial charge in [0.05, 0.1) is 6.10 Å². The van der Waals surface area contributed by atoms with Crippen LogP contribution in [0.1, 0.15) is 47.5 Å². The first kappa shape index (κ1) is 17.6. The van der Waals surface area contributed by atoms with E-state index in [1.807, 2.05) is 33.8 Å². The zero-order valence-electron chi connectivity index (χ0n) is 11.6. The van der Waals surface area contributed by atoms with Gasteiger partial charge in [0.1, 0.15) is 0 Å². The van der Waals surface area contributed by atoms with E-state index < -0.39 is 0 Å². The van der Waals surface area contributed by atoms with Crippen molar-refractivity contribution in [2.75, 3.05) is 0 Å². The summed E-state index contributed by atoms with van der Waals surface area (Å²) < 4.78 is 0. The molecule has 1 nitrogen and oxygen atoms in total. The summed E-state index contributed by atoms with van der Waals surface area (Å²) in [6, 6.07) is 0. The number of allylic oxidation sites excluding steroid dienone is 2. The third-order valence-corrected chi connectivity index (χ3v) is 2.56. The molecule has 16 heavy (non-hydrogen) atoms. The number of aliphatic hydroxyl groups excluding tert-OH is 1. The Morgan fingerprint density at radius 2 is 1.62 bits per heavy atom. The van der Waals surface area contributed by atoms with Gasteiger partial charge in [-0.25, -0.2) is 0 Å². The van der Waals surface area contributed by atoms with Crippen molar-refractivity contribution in [1.29, 1.82) is 0 Å². The molecule has 94 valence electrons. The topological polar surface area (TPSA) is 20.2 Å². The molecule has 0 aromatic rings. The fourth-order valence-corrected chi connectivity index (χ4v) is 1.65. The highest BCUT2D eigenvalue weighted by atomic mass is 16.3. The monoisotopic (exact) mass is 224 g/mol. The van der Waals surface area contributed by atoms with Crippen LogP contribution in [0.3, 0.4) is 0 Å². The van der Waals surface area contributed by atoms with Crippen molar-refractivity contribution in [1.82, 2.24) is 0 Å². The van der Waals surface area contributed by atoms with Crippen LogP contribution in [-0.2, 0) is 0 Å². The van der Waals surface area contributed by atoms with Gasteiger partial charge in [0.25, 0.3) is 0 Å². The molecule has 0 bridgehead atoms. The standard InChI is InChI=1S/C11H16O.2C2H6/c1-4-9-7-6-8(3)11(12)10(9)5-2;2*1-2/h4-5,8,11-12H,1-2,6-7H2,3H3;2*1-2H3. The van der Waals surface area contributed by atoms with E-state index in [0.29, 0.717) is 5.92 Å². The summed E-state index contributed by atoms with van der Waals surface area (Å²) in [4.78, 5) is 0. The molecule has 2 atom stereocenters. The zero-order chi connectivity index (χ0) is 13.1. The average molecular weight is 224 g/mol. The minimum atomic E-state index is -0.343. The Hall–Kier alpha value is -0.820. The molecule has 1 aliphatic rings. The van der Waals surface area contributed by atoms with E-state index in [0.717, 1.165) is 24.0 Å². The molecule has 0 aliphatic heterocycles. The highest BCUT2D eigenvalue weighted by Gasteiger charge is 2.23. The van der Waals surface area contributed by atoms with Crippen molar-refractivity contribution in [3.63, 3.8) is 0 Å².